The topological polar surface area (TPSA) is 81.5 Å². The second kappa shape index (κ2) is 6.12. The van der Waals surface area contributed by atoms with Crippen LogP contribution in [0.5, 0.6) is 0 Å². The third-order valence-electron chi connectivity index (χ3n) is 2.92. The largest absolute Gasteiger partial charge is 0.376 e. The first kappa shape index (κ1) is 14.0. The Balaban J connectivity index is 2.02. The standard InChI is InChI=1S/C12H13BrN2O4/c13-10-4-3-8(6-11(10)15(17)18)12(16)14-7-9-2-1-5-19-9/h3-4,6,9H,1-2,5,7H2,(H,14,16)/t9-/m0/s1. The van der Waals surface area contributed by atoms with E-state index < -0.39 is 4.92 Å². The van der Waals surface area contributed by atoms with E-state index in [0.717, 1.165) is 19.4 Å². The van der Waals surface area contributed by atoms with E-state index in [1.165, 1.54) is 12.1 Å². The van der Waals surface area contributed by atoms with Crippen LogP contribution in [0, 0.1) is 10.1 Å². The number of hydrogen-bond donors (Lipinski definition) is 1. The maximum Gasteiger partial charge on any atom is 0.284 e. The van der Waals surface area contributed by atoms with Crippen molar-refractivity contribution >= 4 is 27.5 Å². The smallest absolute Gasteiger partial charge is 0.284 e. The zero-order valence-electron chi connectivity index (χ0n) is 10.1. The van der Waals surface area contributed by atoms with Gasteiger partial charge in [0.05, 0.1) is 15.5 Å². The first-order valence-electron chi connectivity index (χ1n) is 5.91. The Morgan fingerprint density at radius 1 is 1.58 bits per heavy atom. The van der Waals surface area contributed by atoms with Gasteiger partial charge in [-0.25, -0.2) is 0 Å². The van der Waals surface area contributed by atoms with Crippen molar-refractivity contribution in [2.75, 3.05) is 13.2 Å². The molecule has 0 bridgehead atoms. The summed E-state index contributed by atoms with van der Waals surface area (Å²) >= 11 is 3.08. The third-order valence-corrected chi connectivity index (χ3v) is 3.59. The zero-order valence-corrected chi connectivity index (χ0v) is 11.7. The lowest BCUT2D eigenvalue weighted by atomic mass is 10.2. The Bertz CT molecular complexity index is 501. The molecule has 1 amide bonds. The summed E-state index contributed by atoms with van der Waals surface area (Å²) in [6, 6.07) is 4.30. The minimum absolute atomic E-state index is 0.0504. The Morgan fingerprint density at radius 2 is 2.37 bits per heavy atom. The van der Waals surface area contributed by atoms with Crippen molar-refractivity contribution in [2.24, 2.45) is 0 Å². The molecule has 19 heavy (non-hydrogen) atoms. The summed E-state index contributed by atoms with van der Waals surface area (Å²) in [5, 5.41) is 13.5. The fourth-order valence-corrected chi connectivity index (χ4v) is 2.30. The molecular formula is C12H13BrN2O4. The highest BCUT2D eigenvalue weighted by atomic mass is 79.9. The van der Waals surface area contributed by atoms with Crippen molar-refractivity contribution < 1.29 is 14.5 Å². The van der Waals surface area contributed by atoms with Crippen LogP contribution in [-0.2, 0) is 4.74 Å². The third kappa shape index (κ3) is 3.51. The number of ether oxygens (including phenoxy) is 1. The SMILES string of the molecule is O=C(NC[C@@H]1CCCO1)c1ccc(Br)c([N+](=O)[O-])c1. The van der Waals surface area contributed by atoms with Crippen molar-refractivity contribution in [1.82, 2.24) is 5.32 Å². The number of nitro groups is 1. The molecule has 0 radical (unpaired) electrons. The molecule has 1 saturated heterocycles. The highest BCUT2D eigenvalue weighted by Gasteiger charge is 2.19. The molecule has 6 nitrogen and oxygen atoms in total. The molecule has 0 spiro atoms. The van der Waals surface area contributed by atoms with Gasteiger partial charge in [-0.2, -0.15) is 0 Å². The molecule has 1 fully saturated rings. The van der Waals surface area contributed by atoms with E-state index in [0.29, 0.717) is 11.0 Å². The zero-order chi connectivity index (χ0) is 13.8. The number of carbonyl (C=O) groups is 1. The van der Waals surface area contributed by atoms with Crippen molar-refractivity contribution in [3.63, 3.8) is 0 Å². The molecule has 7 heteroatoms. The molecule has 1 aromatic carbocycles. The van der Waals surface area contributed by atoms with Gasteiger partial charge < -0.3 is 10.1 Å². The number of nitro benzene ring substituents is 1. The summed E-state index contributed by atoms with van der Waals surface area (Å²) in [4.78, 5) is 22.1. The number of rotatable bonds is 4. The van der Waals surface area contributed by atoms with Gasteiger partial charge in [0.1, 0.15) is 0 Å². The number of nitrogens with one attached hydrogen (secondary N) is 1. The summed E-state index contributed by atoms with van der Waals surface area (Å²) in [7, 11) is 0. The molecule has 0 unspecified atom stereocenters. The molecule has 0 saturated carbocycles. The second-order valence-corrected chi connectivity index (χ2v) is 5.12. The van der Waals surface area contributed by atoms with Crippen LogP contribution in [0.25, 0.3) is 0 Å². The summed E-state index contributed by atoms with van der Waals surface area (Å²) in [5.41, 5.74) is 0.151. The van der Waals surface area contributed by atoms with Gasteiger partial charge in [0, 0.05) is 24.8 Å². The monoisotopic (exact) mass is 328 g/mol. The fraction of sp³-hybridized carbons (Fsp3) is 0.417. The Morgan fingerprint density at radius 3 is 3.00 bits per heavy atom. The average molecular weight is 329 g/mol. The Hall–Kier alpha value is -1.47. The van der Waals surface area contributed by atoms with Crippen molar-refractivity contribution in [3.05, 3.63) is 38.3 Å². The van der Waals surface area contributed by atoms with Gasteiger partial charge >= 0.3 is 0 Å². The number of hydrogen-bond acceptors (Lipinski definition) is 4. The highest BCUT2D eigenvalue weighted by molar-refractivity contribution is 9.10. The van der Waals surface area contributed by atoms with Gasteiger partial charge in [-0.05, 0) is 40.9 Å². The van der Waals surface area contributed by atoms with Gasteiger partial charge in [-0.1, -0.05) is 0 Å². The lowest BCUT2D eigenvalue weighted by molar-refractivity contribution is -0.385. The summed E-state index contributed by atoms with van der Waals surface area (Å²) in [6.45, 7) is 1.16. The van der Waals surface area contributed by atoms with Gasteiger partial charge in [0.25, 0.3) is 11.6 Å². The van der Waals surface area contributed by atoms with Gasteiger partial charge in [-0.3, -0.25) is 14.9 Å². The van der Waals surface area contributed by atoms with E-state index in [-0.39, 0.29) is 23.3 Å². The molecule has 1 N–H and O–H groups in total. The highest BCUT2D eigenvalue weighted by Crippen LogP contribution is 2.25. The summed E-state index contributed by atoms with van der Waals surface area (Å²) < 4.78 is 5.74. The predicted octanol–water partition coefficient (Wildman–Crippen LogP) is 2.27. The van der Waals surface area contributed by atoms with Crippen LogP contribution < -0.4 is 5.32 Å². The minimum Gasteiger partial charge on any atom is -0.376 e. The van der Waals surface area contributed by atoms with Crippen LogP contribution >= 0.6 is 15.9 Å². The van der Waals surface area contributed by atoms with Crippen LogP contribution in [-0.4, -0.2) is 30.1 Å². The van der Waals surface area contributed by atoms with E-state index in [4.69, 9.17) is 4.74 Å². The van der Waals surface area contributed by atoms with Crippen LogP contribution in [0.15, 0.2) is 22.7 Å². The Labute approximate surface area is 118 Å². The number of amides is 1. The number of nitrogens with zero attached hydrogens (tertiary/aromatic N) is 1. The fourth-order valence-electron chi connectivity index (χ4n) is 1.91. The van der Waals surface area contributed by atoms with Crippen molar-refractivity contribution in [1.29, 1.82) is 0 Å². The van der Waals surface area contributed by atoms with E-state index in [9.17, 15) is 14.9 Å². The average Bonchev–Trinajstić information content (AvgIpc) is 2.89. The molecule has 102 valence electrons. The van der Waals surface area contributed by atoms with Crippen molar-refractivity contribution in [3.8, 4) is 0 Å². The quantitative estimate of drug-likeness (QED) is 0.679. The molecule has 0 aromatic heterocycles. The molecule has 1 atom stereocenters. The predicted molar refractivity (Wildman–Crippen MR) is 72.1 cm³/mol. The summed E-state index contributed by atoms with van der Waals surface area (Å²) in [6.07, 6.45) is 1.99. The van der Waals surface area contributed by atoms with Gasteiger partial charge in [-0.15, -0.1) is 0 Å². The van der Waals surface area contributed by atoms with Crippen LogP contribution in [0.1, 0.15) is 23.2 Å². The molecule has 0 aliphatic carbocycles. The number of benzene rings is 1. The lowest BCUT2D eigenvalue weighted by Crippen LogP contribution is -2.31. The maximum absolute atomic E-state index is 11.9. The van der Waals surface area contributed by atoms with E-state index in [1.807, 2.05) is 0 Å². The van der Waals surface area contributed by atoms with Gasteiger partial charge in [0.2, 0.25) is 0 Å². The molecular weight excluding hydrogens is 316 g/mol. The first-order valence-corrected chi connectivity index (χ1v) is 6.71. The molecule has 1 aliphatic rings. The normalized spacial score (nSPS) is 18.3. The van der Waals surface area contributed by atoms with Crippen LogP contribution in [0.2, 0.25) is 0 Å². The number of carbonyl (C=O) groups excluding carboxylic acids is 1. The van der Waals surface area contributed by atoms with E-state index >= 15 is 0 Å². The lowest BCUT2D eigenvalue weighted by Gasteiger charge is -2.10. The maximum atomic E-state index is 11.9. The first-order chi connectivity index (χ1) is 9.08. The van der Waals surface area contributed by atoms with E-state index in [1.54, 1.807) is 6.07 Å². The second-order valence-electron chi connectivity index (χ2n) is 4.27. The van der Waals surface area contributed by atoms with Gasteiger partial charge in [0.15, 0.2) is 0 Å². The Kier molecular flexibility index (Phi) is 4.49. The van der Waals surface area contributed by atoms with Crippen LogP contribution in [0.4, 0.5) is 5.69 Å². The van der Waals surface area contributed by atoms with E-state index in [2.05, 4.69) is 21.2 Å². The molecule has 2 rings (SSSR count). The minimum atomic E-state index is -0.527. The molecule has 1 aromatic rings. The van der Waals surface area contributed by atoms with Crippen LogP contribution in [0.3, 0.4) is 0 Å². The number of halogens is 1. The van der Waals surface area contributed by atoms with Crippen molar-refractivity contribution in [2.45, 2.75) is 18.9 Å². The molecule has 1 aliphatic heterocycles. The molecule has 1 heterocycles. The summed E-state index contributed by atoms with van der Waals surface area (Å²) in [5.74, 6) is -0.328.